The fourth-order valence-corrected chi connectivity index (χ4v) is 2.63. The lowest BCUT2D eigenvalue weighted by atomic mass is 9.73. The molecule has 1 fully saturated rings. The summed E-state index contributed by atoms with van der Waals surface area (Å²) in [6.07, 6.45) is 1.05. The van der Waals surface area contributed by atoms with Crippen LogP contribution in [-0.2, 0) is 14.3 Å². The van der Waals surface area contributed by atoms with Crippen LogP contribution >= 0.6 is 0 Å². The predicted molar refractivity (Wildman–Crippen MR) is 80.0 cm³/mol. The van der Waals surface area contributed by atoms with Crippen LogP contribution in [0.15, 0.2) is 0 Å². The standard InChI is InChI=1S/C16H27NO4/c1-11(12(2)18)13(19)16(6)8-7-9-17(10-16)14(20)21-15(3,4)5/h11H,7-10H2,1-6H3/t11?,16-/m0/s1. The molecule has 1 unspecified atom stereocenters. The van der Waals surface area contributed by atoms with Crippen LogP contribution in [0.5, 0.6) is 0 Å². The van der Waals surface area contributed by atoms with E-state index in [4.69, 9.17) is 4.74 Å². The van der Waals surface area contributed by atoms with Crippen LogP contribution in [0.4, 0.5) is 4.79 Å². The van der Waals surface area contributed by atoms with Crippen molar-refractivity contribution in [3.8, 4) is 0 Å². The monoisotopic (exact) mass is 297 g/mol. The van der Waals surface area contributed by atoms with Gasteiger partial charge in [0.25, 0.3) is 0 Å². The van der Waals surface area contributed by atoms with Crippen LogP contribution < -0.4 is 0 Å². The Balaban J connectivity index is 2.81. The normalized spacial score (nSPS) is 24.4. The second-order valence-electron chi connectivity index (χ2n) is 7.26. The van der Waals surface area contributed by atoms with E-state index in [9.17, 15) is 14.4 Å². The number of rotatable bonds is 3. The molecule has 1 aliphatic rings. The number of amides is 1. The Morgan fingerprint density at radius 2 is 1.81 bits per heavy atom. The lowest BCUT2D eigenvalue weighted by molar-refractivity contribution is -0.139. The maximum absolute atomic E-state index is 12.5. The molecule has 5 nitrogen and oxygen atoms in total. The molecule has 2 atom stereocenters. The van der Waals surface area contributed by atoms with E-state index < -0.39 is 23.0 Å². The van der Waals surface area contributed by atoms with Gasteiger partial charge in [0.1, 0.15) is 11.4 Å². The van der Waals surface area contributed by atoms with E-state index in [1.54, 1.807) is 11.8 Å². The van der Waals surface area contributed by atoms with Crippen molar-refractivity contribution in [1.82, 2.24) is 4.90 Å². The van der Waals surface area contributed by atoms with Gasteiger partial charge in [-0.25, -0.2) is 4.79 Å². The number of carbonyl (C=O) groups excluding carboxylic acids is 3. The van der Waals surface area contributed by atoms with E-state index >= 15 is 0 Å². The molecule has 5 heteroatoms. The predicted octanol–water partition coefficient (Wildman–Crippen LogP) is 2.82. The molecule has 1 amide bonds. The highest BCUT2D eigenvalue weighted by Crippen LogP contribution is 2.33. The number of hydrogen-bond donors (Lipinski definition) is 0. The van der Waals surface area contributed by atoms with Gasteiger partial charge in [0.2, 0.25) is 0 Å². The number of ether oxygens (including phenoxy) is 1. The fraction of sp³-hybridized carbons (Fsp3) is 0.812. The number of likely N-dealkylation sites (tertiary alicyclic amines) is 1. The number of ketones is 2. The molecule has 0 aliphatic carbocycles. The smallest absolute Gasteiger partial charge is 0.410 e. The Kier molecular flexibility index (Phi) is 5.18. The Morgan fingerprint density at radius 3 is 2.29 bits per heavy atom. The highest BCUT2D eigenvalue weighted by Gasteiger charge is 2.42. The van der Waals surface area contributed by atoms with Gasteiger partial charge in [0.05, 0.1) is 5.92 Å². The minimum absolute atomic E-state index is 0.0803. The maximum atomic E-state index is 12.5. The van der Waals surface area contributed by atoms with E-state index in [1.165, 1.54) is 6.92 Å². The maximum Gasteiger partial charge on any atom is 0.410 e. The van der Waals surface area contributed by atoms with Crippen LogP contribution in [0, 0.1) is 11.3 Å². The van der Waals surface area contributed by atoms with E-state index in [1.807, 2.05) is 27.7 Å². The highest BCUT2D eigenvalue weighted by molar-refractivity contribution is 6.03. The molecule has 0 aromatic heterocycles. The van der Waals surface area contributed by atoms with Gasteiger partial charge in [-0.1, -0.05) is 6.92 Å². The van der Waals surface area contributed by atoms with Gasteiger partial charge in [-0.05, 0) is 47.5 Å². The van der Waals surface area contributed by atoms with Crippen molar-refractivity contribution in [2.24, 2.45) is 11.3 Å². The molecule has 0 aromatic carbocycles. The molecule has 0 saturated carbocycles. The molecular weight excluding hydrogens is 270 g/mol. The molecule has 120 valence electrons. The molecule has 1 heterocycles. The van der Waals surface area contributed by atoms with Crippen molar-refractivity contribution >= 4 is 17.7 Å². The van der Waals surface area contributed by atoms with Gasteiger partial charge < -0.3 is 9.64 Å². The number of carbonyl (C=O) groups is 3. The number of hydrogen-bond acceptors (Lipinski definition) is 4. The molecular formula is C16H27NO4. The first kappa shape index (κ1) is 17.7. The Hall–Kier alpha value is -1.39. The lowest BCUT2D eigenvalue weighted by Gasteiger charge is -2.40. The minimum Gasteiger partial charge on any atom is -0.444 e. The topological polar surface area (TPSA) is 63.7 Å². The van der Waals surface area contributed by atoms with Crippen LogP contribution in [-0.4, -0.2) is 41.3 Å². The number of piperidine rings is 1. The van der Waals surface area contributed by atoms with Gasteiger partial charge >= 0.3 is 6.09 Å². The first-order valence-corrected chi connectivity index (χ1v) is 7.49. The molecule has 21 heavy (non-hydrogen) atoms. The molecule has 0 aromatic rings. The SMILES string of the molecule is CC(=O)C(C)C(=O)[C@@]1(C)CCCN(C(=O)OC(C)(C)C)C1. The van der Waals surface area contributed by atoms with E-state index in [0.717, 1.165) is 6.42 Å². The molecule has 1 aliphatic heterocycles. The zero-order valence-corrected chi connectivity index (χ0v) is 14.0. The fourth-order valence-electron chi connectivity index (χ4n) is 2.63. The quantitative estimate of drug-likeness (QED) is 0.751. The number of nitrogens with zero attached hydrogens (tertiary/aromatic N) is 1. The summed E-state index contributed by atoms with van der Waals surface area (Å²) < 4.78 is 5.37. The van der Waals surface area contributed by atoms with Crippen LogP contribution in [0.25, 0.3) is 0 Å². The summed E-state index contributed by atoms with van der Waals surface area (Å²) in [5.41, 5.74) is -1.22. The number of Topliss-reactive ketones (excluding diaryl/α,β-unsaturated/α-hetero) is 2. The first-order valence-electron chi connectivity index (χ1n) is 7.49. The summed E-state index contributed by atoms with van der Waals surface area (Å²) in [6.45, 7) is 11.3. The van der Waals surface area contributed by atoms with Gasteiger partial charge in [0.15, 0.2) is 5.78 Å². The highest BCUT2D eigenvalue weighted by atomic mass is 16.6. The molecule has 1 rings (SSSR count). The minimum atomic E-state index is -0.666. The zero-order valence-electron chi connectivity index (χ0n) is 14.0. The third kappa shape index (κ3) is 4.55. The molecule has 0 radical (unpaired) electrons. The molecule has 1 saturated heterocycles. The van der Waals surface area contributed by atoms with Crippen LogP contribution in [0.2, 0.25) is 0 Å². The van der Waals surface area contributed by atoms with Crippen LogP contribution in [0.1, 0.15) is 54.4 Å². The van der Waals surface area contributed by atoms with Gasteiger partial charge in [-0.15, -0.1) is 0 Å². The molecule has 0 spiro atoms. The van der Waals surface area contributed by atoms with E-state index in [0.29, 0.717) is 19.5 Å². The van der Waals surface area contributed by atoms with E-state index in [-0.39, 0.29) is 11.6 Å². The molecule has 0 N–H and O–H groups in total. The summed E-state index contributed by atoms with van der Waals surface area (Å²) in [4.78, 5) is 37.7. The summed E-state index contributed by atoms with van der Waals surface area (Å²) in [5.74, 6) is -0.826. The second kappa shape index (κ2) is 6.16. The van der Waals surface area contributed by atoms with Crippen molar-refractivity contribution in [3.05, 3.63) is 0 Å². The van der Waals surface area contributed by atoms with E-state index in [2.05, 4.69) is 0 Å². The summed E-state index contributed by atoms with van der Waals surface area (Å²) >= 11 is 0. The third-order valence-electron chi connectivity index (χ3n) is 3.95. The van der Waals surface area contributed by atoms with Crippen molar-refractivity contribution < 1.29 is 19.1 Å². The first-order chi connectivity index (χ1) is 9.46. The Bertz CT molecular complexity index is 438. The van der Waals surface area contributed by atoms with Crippen molar-refractivity contribution in [3.63, 3.8) is 0 Å². The third-order valence-corrected chi connectivity index (χ3v) is 3.95. The zero-order chi connectivity index (χ0) is 16.4. The van der Waals surface area contributed by atoms with Gasteiger partial charge in [-0.3, -0.25) is 9.59 Å². The van der Waals surface area contributed by atoms with Gasteiger partial charge in [0, 0.05) is 18.5 Å². The second-order valence-corrected chi connectivity index (χ2v) is 7.26. The van der Waals surface area contributed by atoms with Crippen molar-refractivity contribution in [2.45, 2.75) is 60.0 Å². The van der Waals surface area contributed by atoms with Crippen LogP contribution in [0.3, 0.4) is 0 Å². The average Bonchev–Trinajstić information content (AvgIpc) is 2.34. The molecule has 0 bridgehead atoms. The van der Waals surface area contributed by atoms with Crippen molar-refractivity contribution in [2.75, 3.05) is 13.1 Å². The lowest BCUT2D eigenvalue weighted by Crippen LogP contribution is -2.51. The summed E-state index contributed by atoms with van der Waals surface area (Å²) in [6, 6.07) is 0. The Morgan fingerprint density at radius 1 is 1.24 bits per heavy atom. The largest absolute Gasteiger partial charge is 0.444 e. The summed E-state index contributed by atoms with van der Waals surface area (Å²) in [7, 11) is 0. The van der Waals surface area contributed by atoms with Crippen molar-refractivity contribution in [1.29, 1.82) is 0 Å². The Labute approximate surface area is 127 Å². The average molecular weight is 297 g/mol. The van der Waals surface area contributed by atoms with Gasteiger partial charge in [-0.2, -0.15) is 0 Å². The summed E-state index contributed by atoms with van der Waals surface area (Å²) in [5, 5.41) is 0.